The molecule has 4 saturated heterocycles. The van der Waals surface area contributed by atoms with Crippen LogP contribution in [-0.2, 0) is 38.1 Å². The first-order chi connectivity index (χ1) is 26.1. The molecule has 4 rings (SSSR count). The molecular formula is C46H80N4O8. The van der Waals surface area contributed by atoms with Crippen LogP contribution in [0, 0.1) is 23.7 Å². The Kier molecular flexibility index (Phi) is 13.1. The maximum absolute atomic E-state index is 14.5. The smallest absolute Gasteiger partial charge is 0.346 e. The number of nitrogens with zero attached hydrogens (tertiary/aromatic N) is 4. The highest BCUT2D eigenvalue weighted by Gasteiger charge is 2.54. The van der Waals surface area contributed by atoms with Crippen LogP contribution in [0.25, 0.3) is 0 Å². The Morgan fingerprint density at radius 2 is 0.517 bits per heavy atom. The number of carbonyl (C=O) groups excluding carboxylic acids is 4. The van der Waals surface area contributed by atoms with Crippen molar-refractivity contribution in [1.29, 1.82) is 0 Å². The van der Waals surface area contributed by atoms with Crippen molar-refractivity contribution in [1.82, 2.24) is 19.6 Å². The van der Waals surface area contributed by atoms with Crippen LogP contribution in [0.1, 0.15) is 136 Å². The molecule has 4 aliphatic rings. The second-order valence-electron chi connectivity index (χ2n) is 22.8. The number of likely N-dealkylation sites (tertiary alicyclic amines) is 4. The van der Waals surface area contributed by atoms with Gasteiger partial charge in [-0.15, -0.1) is 0 Å². The first-order valence-electron chi connectivity index (χ1n) is 21.5. The summed E-state index contributed by atoms with van der Waals surface area (Å²) in [6.07, 6.45) is 2.92. The van der Waals surface area contributed by atoms with Gasteiger partial charge in [-0.05, 0) is 165 Å². The van der Waals surface area contributed by atoms with E-state index >= 15 is 0 Å². The van der Waals surface area contributed by atoms with E-state index in [9.17, 15) is 19.2 Å². The molecule has 0 radical (unpaired) electrons. The monoisotopic (exact) mass is 817 g/mol. The third-order valence-electron chi connectivity index (χ3n) is 16.8. The summed E-state index contributed by atoms with van der Waals surface area (Å²) in [6, 6.07) is 0. The van der Waals surface area contributed by atoms with Crippen LogP contribution in [0.4, 0.5) is 0 Å². The minimum absolute atomic E-state index is 0.0300. The second-order valence-corrected chi connectivity index (χ2v) is 22.8. The van der Waals surface area contributed by atoms with E-state index in [0.717, 1.165) is 25.7 Å². The lowest BCUT2D eigenvalue weighted by Gasteiger charge is -2.38. The predicted molar refractivity (Wildman–Crippen MR) is 227 cm³/mol. The zero-order valence-corrected chi connectivity index (χ0v) is 40.0. The highest BCUT2D eigenvalue weighted by Crippen LogP contribution is 2.47. The van der Waals surface area contributed by atoms with Crippen molar-refractivity contribution in [2.45, 2.75) is 181 Å². The minimum Gasteiger partial charge on any atom is -0.462 e. The van der Waals surface area contributed by atoms with Crippen molar-refractivity contribution >= 4 is 23.9 Å². The summed E-state index contributed by atoms with van der Waals surface area (Å²) in [5.41, 5.74) is -3.60. The van der Waals surface area contributed by atoms with E-state index in [1.54, 1.807) is 0 Å². The van der Waals surface area contributed by atoms with Crippen LogP contribution < -0.4 is 0 Å². The average Bonchev–Trinajstić information content (AvgIpc) is 3.52. The maximum atomic E-state index is 14.5. The van der Waals surface area contributed by atoms with E-state index in [2.05, 4.69) is 130 Å². The van der Waals surface area contributed by atoms with E-state index in [1.807, 2.05) is 28.2 Å². The van der Waals surface area contributed by atoms with Gasteiger partial charge in [0.25, 0.3) is 0 Å². The third-order valence-corrected chi connectivity index (χ3v) is 16.8. The highest BCUT2D eigenvalue weighted by atomic mass is 16.6. The quantitative estimate of drug-likeness (QED) is 0.0705. The van der Waals surface area contributed by atoms with Gasteiger partial charge in [0.15, 0.2) is 11.1 Å². The Hall–Kier alpha value is -2.54. The number of rotatable bonds is 12. The molecule has 4 unspecified atom stereocenters. The fourth-order valence-electron chi connectivity index (χ4n) is 10.8. The molecule has 332 valence electrons. The zero-order valence-electron chi connectivity index (χ0n) is 40.0. The minimum atomic E-state index is -1.11. The Bertz CT molecular complexity index is 1400. The van der Waals surface area contributed by atoms with Gasteiger partial charge in [-0.3, -0.25) is 19.6 Å². The van der Waals surface area contributed by atoms with Gasteiger partial charge in [0.05, 0.1) is 26.4 Å². The van der Waals surface area contributed by atoms with E-state index in [-0.39, 0.29) is 94.4 Å². The van der Waals surface area contributed by atoms with Crippen LogP contribution in [0.3, 0.4) is 0 Å². The molecule has 4 fully saturated rings. The largest absolute Gasteiger partial charge is 0.462 e. The molecule has 0 saturated carbocycles. The lowest BCUT2D eigenvalue weighted by atomic mass is 9.87. The fourth-order valence-corrected chi connectivity index (χ4v) is 10.8. The van der Waals surface area contributed by atoms with Gasteiger partial charge in [-0.25, -0.2) is 19.2 Å². The van der Waals surface area contributed by atoms with Gasteiger partial charge in [-0.2, -0.15) is 0 Å². The molecule has 4 atom stereocenters. The Labute approximate surface area is 351 Å². The third kappa shape index (κ3) is 8.78. The number of hydrogen-bond acceptors (Lipinski definition) is 12. The van der Waals surface area contributed by atoms with E-state index in [1.165, 1.54) is 0 Å². The molecule has 0 bridgehead atoms. The molecule has 0 N–H and O–H groups in total. The van der Waals surface area contributed by atoms with Crippen LogP contribution in [0.2, 0.25) is 0 Å². The molecule has 12 heteroatoms. The van der Waals surface area contributed by atoms with E-state index in [4.69, 9.17) is 18.9 Å². The number of carbonyl (C=O) groups is 4. The molecular weight excluding hydrogens is 737 g/mol. The highest BCUT2D eigenvalue weighted by molar-refractivity contribution is 6.28. The molecule has 0 amide bonds. The van der Waals surface area contributed by atoms with Crippen LogP contribution in [-0.4, -0.2) is 142 Å². The molecule has 0 aromatic heterocycles. The van der Waals surface area contributed by atoms with Gasteiger partial charge in [0.2, 0.25) is 0 Å². The lowest BCUT2D eigenvalue weighted by molar-refractivity contribution is -0.155. The summed E-state index contributed by atoms with van der Waals surface area (Å²) < 4.78 is 23.9. The number of esters is 4. The number of hydrogen-bond donors (Lipinski definition) is 0. The van der Waals surface area contributed by atoms with Crippen LogP contribution in [0.15, 0.2) is 11.1 Å². The van der Waals surface area contributed by atoms with Gasteiger partial charge in [0.1, 0.15) is 0 Å². The van der Waals surface area contributed by atoms with Gasteiger partial charge in [0, 0.05) is 68.0 Å². The summed E-state index contributed by atoms with van der Waals surface area (Å²) in [5.74, 6) is -4.81. The lowest BCUT2D eigenvalue weighted by Crippen LogP contribution is -2.47. The summed E-state index contributed by atoms with van der Waals surface area (Å²) in [6.45, 7) is 33.8. The van der Waals surface area contributed by atoms with Crippen molar-refractivity contribution in [3.05, 3.63) is 11.1 Å². The Morgan fingerprint density at radius 1 is 0.362 bits per heavy atom. The molecule has 4 aliphatic heterocycles. The van der Waals surface area contributed by atoms with Crippen molar-refractivity contribution in [3.63, 3.8) is 0 Å². The molecule has 0 aromatic rings. The first-order valence-corrected chi connectivity index (χ1v) is 21.5. The van der Waals surface area contributed by atoms with Gasteiger partial charge in [-0.1, -0.05) is 0 Å². The summed E-state index contributed by atoms with van der Waals surface area (Å²) in [4.78, 5) is 67.0. The molecule has 0 aromatic carbocycles. The SMILES string of the molecule is CN1C(C)(C)CC(COC(=O)C(C(=O)OCC2CC(C)(C)N(C)C2(C)C)=C(C(=O)OCC2CC(C)(C)N(C)C2(C)C)C(=O)OCC2CC(C)(C)N(C)C2(C)C)C1(C)C. The molecule has 58 heavy (non-hydrogen) atoms. The molecule has 12 nitrogen and oxygen atoms in total. The first kappa shape index (κ1) is 48.1. The van der Waals surface area contributed by atoms with Gasteiger partial charge < -0.3 is 18.9 Å². The van der Waals surface area contributed by atoms with Crippen molar-refractivity contribution in [2.24, 2.45) is 23.7 Å². The Morgan fingerprint density at radius 3 is 0.638 bits per heavy atom. The number of ether oxygens (including phenoxy) is 4. The normalized spacial score (nSPS) is 30.5. The van der Waals surface area contributed by atoms with Crippen LogP contribution >= 0.6 is 0 Å². The topological polar surface area (TPSA) is 118 Å². The summed E-state index contributed by atoms with van der Waals surface area (Å²) in [7, 11) is 8.19. The fraction of sp³-hybridized carbons (Fsp3) is 0.870. The standard InChI is InChI=1S/C46H80N4O8/c1-39(2)21-29(43(9,10)47(39)17)25-55-35(51)33(36(52)56-26-30-22-40(3,4)48(18)44(30,11)12)34(37(53)57-27-31-23-41(5,6)49(19)45(31,13)14)38(54)58-28-32-24-42(7,8)50(20)46(32,15)16/h29-32H,21-28H2,1-20H3. The average molecular weight is 817 g/mol. The van der Waals surface area contributed by atoms with Crippen molar-refractivity contribution in [3.8, 4) is 0 Å². The summed E-state index contributed by atoms with van der Waals surface area (Å²) >= 11 is 0. The van der Waals surface area contributed by atoms with E-state index in [0.29, 0.717) is 0 Å². The Balaban J connectivity index is 1.75. The van der Waals surface area contributed by atoms with Crippen molar-refractivity contribution < 1.29 is 38.1 Å². The predicted octanol–water partition coefficient (Wildman–Crippen LogP) is 6.49. The molecule has 4 heterocycles. The van der Waals surface area contributed by atoms with Crippen molar-refractivity contribution in [2.75, 3.05) is 54.6 Å². The zero-order chi connectivity index (χ0) is 44.6. The van der Waals surface area contributed by atoms with Crippen LogP contribution in [0.5, 0.6) is 0 Å². The van der Waals surface area contributed by atoms with E-state index < -0.39 is 35.0 Å². The molecule has 0 spiro atoms. The molecule has 0 aliphatic carbocycles. The van der Waals surface area contributed by atoms with Gasteiger partial charge >= 0.3 is 23.9 Å². The maximum Gasteiger partial charge on any atom is 0.346 e. The summed E-state index contributed by atoms with van der Waals surface area (Å²) in [5, 5.41) is 0. The second kappa shape index (κ2) is 15.7.